The summed E-state index contributed by atoms with van der Waals surface area (Å²) in [7, 11) is 4.32. The Hall–Kier alpha value is -2.78. The van der Waals surface area contributed by atoms with Crippen LogP contribution in [0.4, 0.5) is 0 Å². The summed E-state index contributed by atoms with van der Waals surface area (Å²) >= 11 is 0. The summed E-state index contributed by atoms with van der Waals surface area (Å²) in [6, 6.07) is 0. The second-order valence-corrected chi connectivity index (χ2v) is 8.27. The molecule has 31 heavy (non-hydrogen) atoms. The SMILES string of the molecule is COC(=O)[C@@H]1C(=O)[C@@H](C(=O)OC)C23CCCCCC12[C@H](C(=O)OC)C(=O)[C@@H]3C(=O)OC. The minimum atomic E-state index is -1.66. The summed E-state index contributed by atoms with van der Waals surface area (Å²) in [5.41, 5.74) is -3.31. The van der Waals surface area contributed by atoms with Gasteiger partial charge in [-0.1, -0.05) is 19.3 Å². The first-order valence-electron chi connectivity index (χ1n) is 10.1. The number of methoxy groups -OCH3 is 4. The number of hydrogen-bond acceptors (Lipinski definition) is 10. The molecule has 0 aliphatic heterocycles. The molecular weight excluding hydrogens is 412 g/mol. The van der Waals surface area contributed by atoms with Crippen LogP contribution < -0.4 is 0 Å². The van der Waals surface area contributed by atoms with Crippen LogP contribution in [0.25, 0.3) is 0 Å². The van der Waals surface area contributed by atoms with Crippen LogP contribution in [0.3, 0.4) is 0 Å². The van der Waals surface area contributed by atoms with E-state index in [-0.39, 0.29) is 12.8 Å². The van der Waals surface area contributed by atoms with Crippen LogP contribution in [-0.4, -0.2) is 63.9 Å². The fourth-order valence-corrected chi connectivity index (χ4v) is 6.59. The van der Waals surface area contributed by atoms with Gasteiger partial charge in [-0.25, -0.2) is 0 Å². The first-order chi connectivity index (χ1) is 14.7. The highest BCUT2D eigenvalue weighted by Crippen LogP contribution is 2.74. The van der Waals surface area contributed by atoms with E-state index in [9.17, 15) is 28.8 Å². The number of carbonyl (C=O) groups is 6. The van der Waals surface area contributed by atoms with Gasteiger partial charge in [0.2, 0.25) is 0 Å². The van der Waals surface area contributed by atoms with Crippen LogP contribution in [-0.2, 0) is 47.7 Å². The van der Waals surface area contributed by atoms with Crippen molar-refractivity contribution in [2.45, 2.75) is 32.1 Å². The number of ketones is 2. The number of Topliss-reactive ketones (excluding diaryl/α,β-unsaturated/α-hetero) is 2. The molecule has 0 aromatic rings. The molecule has 6 atom stereocenters. The van der Waals surface area contributed by atoms with Crippen LogP contribution in [0.2, 0.25) is 0 Å². The number of esters is 4. The largest absolute Gasteiger partial charge is 0.468 e. The molecule has 3 saturated carbocycles. The molecule has 10 heteroatoms. The summed E-state index contributed by atoms with van der Waals surface area (Å²) < 4.78 is 19.5. The summed E-state index contributed by atoms with van der Waals surface area (Å²) in [6.07, 6.45) is 1.79. The molecular formula is C21H26O10. The lowest BCUT2D eigenvalue weighted by molar-refractivity contribution is -0.169. The number of carbonyl (C=O) groups excluding carboxylic acids is 6. The van der Waals surface area contributed by atoms with Crippen molar-refractivity contribution in [3.8, 4) is 0 Å². The van der Waals surface area contributed by atoms with Gasteiger partial charge in [0.15, 0.2) is 11.6 Å². The van der Waals surface area contributed by atoms with Crippen LogP contribution in [0.1, 0.15) is 32.1 Å². The lowest BCUT2D eigenvalue weighted by Gasteiger charge is -2.45. The van der Waals surface area contributed by atoms with Crippen LogP contribution in [0, 0.1) is 34.5 Å². The van der Waals surface area contributed by atoms with Gasteiger partial charge in [-0.15, -0.1) is 0 Å². The first kappa shape index (κ1) is 22.9. The predicted octanol–water partition coefficient (Wildman–Crippen LogP) is 0.246. The third-order valence-electron chi connectivity index (χ3n) is 7.49. The highest BCUT2D eigenvalue weighted by Gasteiger charge is 2.85. The van der Waals surface area contributed by atoms with Gasteiger partial charge in [0.1, 0.15) is 23.7 Å². The molecule has 170 valence electrons. The molecule has 0 bridgehead atoms. The van der Waals surface area contributed by atoms with Crippen molar-refractivity contribution < 1.29 is 47.7 Å². The summed E-state index contributed by atoms with van der Waals surface area (Å²) in [5.74, 6) is -11.9. The summed E-state index contributed by atoms with van der Waals surface area (Å²) in [4.78, 5) is 78.8. The van der Waals surface area contributed by atoms with Crippen molar-refractivity contribution >= 4 is 35.4 Å². The Kier molecular flexibility index (Phi) is 5.94. The van der Waals surface area contributed by atoms with E-state index in [4.69, 9.17) is 18.9 Å². The Morgan fingerprint density at radius 3 is 1.06 bits per heavy atom. The highest BCUT2D eigenvalue weighted by atomic mass is 16.5. The normalized spacial score (nSPS) is 36.6. The Balaban J connectivity index is 2.47. The van der Waals surface area contributed by atoms with E-state index >= 15 is 0 Å². The molecule has 2 unspecified atom stereocenters. The second kappa shape index (κ2) is 8.05. The van der Waals surface area contributed by atoms with Gasteiger partial charge >= 0.3 is 23.9 Å². The molecule has 0 heterocycles. The zero-order valence-corrected chi connectivity index (χ0v) is 17.9. The Labute approximate surface area is 178 Å². The van der Waals surface area contributed by atoms with E-state index in [2.05, 4.69) is 0 Å². The van der Waals surface area contributed by atoms with E-state index in [1.807, 2.05) is 0 Å². The van der Waals surface area contributed by atoms with Gasteiger partial charge < -0.3 is 18.9 Å². The molecule has 0 saturated heterocycles. The highest BCUT2D eigenvalue weighted by molar-refractivity contribution is 6.20. The van der Waals surface area contributed by atoms with E-state index in [1.165, 1.54) is 0 Å². The van der Waals surface area contributed by atoms with Gasteiger partial charge in [0.05, 0.1) is 28.4 Å². The Morgan fingerprint density at radius 2 is 0.839 bits per heavy atom. The molecule has 0 radical (unpaired) electrons. The Bertz CT molecular complexity index is 723. The predicted molar refractivity (Wildman–Crippen MR) is 100.0 cm³/mol. The smallest absolute Gasteiger partial charge is 0.316 e. The average Bonchev–Trinajstić information content (AvgIpc) is 2.98. The minimum Gasteiger partial charge on any atom is -0.468 e. The van der Waals surface area contributed by atoms with E-state index in [1.54, 1.807) is 0 Å². The van der Waals surface area contributed by atoms with E-state index < -0.39 is 69.9 Å². The quantitative estimate of drug-likeness (QED) is 0.341. The standard InChI is InChI=1S/C21H26O10/c1-28-16(24)10-14(22)11(17(25)29-2)21-9-7-5-6-8-20(10,21)12(18(26)30-3)15(23)13(21)19(27)31-4/h10-13H,5-9H2,1-4H3/t10-,11-,12-,13+,20?,21?/m0/s1. The van der Waals surface area contributed by atoms with Gasteiger partial charge in [0.25, 0.3) is 0 Å². The molecule has 0 spiro atoms. The fourth-order valence-electron chi connectivity index (χ4n) is 6.59. The topological polar surface area (TPSA) is 139 Å². The maximum atomic E-state index is 13.6. The third-order valence-corrected chi connectivity index (χ3v) is 7.49. The van der Waals surface area contributed by atoms with Gasteiger partial charge in [-0.2, -0.15) is 0 Å². The zero-order valence-electron chi connectivity index (χ0n) is 17.9. The summed E-state index contributed by atoms with van der Waals surface area (Å²) in [5, 5.41) is 0. The maximum absolute atomic E-state index is 13.6. The molecule has 0 amide bonds. The van der Waals surface area contributed by atoms with E-state index in [0.29, 0.717) is 19.3 Å². The van der Waals surface area contributed by atoms with Crippen LogP contribution in [0.5, 0.6) is 0 Å². The Morgan fingerprint density at radius 1 is 0.581 bits per heavy atom. The monoisotopic (exact) mass is 438 g/mol. The number of rotatable bonds is 4. The van der Waals surface area contributed by atoms with Crippen LogP contribution in [0.15, 0.2) is 0 Å². The molecule has 3 fully saturated rings. The number of hydrogen-bond donors (Lipinski definition) is 0. The van der Waals surface area contributed by atoms with Crippen molar-refractivity contribution in [3.05, 3.63) is 0 Å². The van der Waals surface area contributed by atoms with Gasteiger partial charge in [-0.3, -0.25) is 28.8 Å². The molecule has 10 nitrogen and oxygen atoms in total. The lowest BCUT2D eigenvalue weighted by atomic mass is 9.54. The zero-order chi connectivity index (χ0) is 23.1. The van der Waals surface area contributed by atoms with Gasteiger partial charge in [0, 0.05) is 10.8 Å². The molecule has 0 aromatic carbocycles. The molecule has 0 aromatic heterocycles. The van der Waals surface area contributed by atoms with Crippen molar-refractivity contribution in [1.29, 1.82) is 0 Å². The summed E-state index contributed by atoms with van der Waals surface area (Å²) in [6.45, 7) is 0. The molecule has 0 N–H and O–H groups in total. The number of ether oxygens (including phenoxy) is 4. The minimum absolute atomic E-state index is 0.0883. The van der Waals surface area contributed by atoms with Crippen molar-refractivity contribution in [1.82, 2.24) is 0 Å². The fraction of sp³-hybridized carbons (Fsp3) is 0.714. The van der Waals surface area contributed by atoms with E-state index in [0.717, 1.165) is 28.4 Å². The molecule has 3 aliphatic rings. The van der Waals surface area contributed by atoms with Crippen molar-refractivity contribution in [2.75, 3.05) is 28.4 Å². The average molecular weight is 438 g/mol. The van der Waals surface area contributed by atoms with Crippen molar-refractivity contribution in [2.24, 2.45) is 34.5 Å². The third kappa shape index (κ3) is 2.69. The van der Waals surface area contributed by atoms with Crippen LogP contribution >= 0.6 is 0 Å². The lowest BCUT2D eigenvalue weighted by Crippen LogP contribution is -2.51. The maximum Gasteiger partial charge on any atom is 0.316 e. The first-order valence-corrected chi connectivity index (χ1v) is 10.1. The van der Waals surface area contributed by atoms with Crippen molar-refractivity contribution in [3.63, 3.8) is 0 Å². The molecule has 3 rings (SSSR count). The van der Waals surface area contributed by atoms with Gasteiger partial charge in [-0.05, 0) is 12.8 Å². The second-order valence-electron chi connectivity index (χ2n) is 8.27. The molecule has 3 aliphatic carbocycles.